The Kier molecular flexibility index (Phi) is 5.01. The van der Waals surface area contributed by atoms with E-state index in [0.717, 1.165) is 11.1 Å². The average Bonchev–Trinajstić information content (AvgIpc) is 2.52. The van der Waals surface area contributed by atoms with Gasteiger partial charge in [-0.3, -0.25) is 10.2 Å². The van der Waals surface area contributed by atoms with Crippen LogP contribution in [0.15, 0.2) is 54.6 Å². The van der Waals surface area contributed by atoms with Gasteiger partial charge in [-0.15, -0.1) is 0 Å². The van der Waals surface area contributed by atoms with Crippen molar-refractivity contribution < 1.29 is 14.3 Å². The fraction of sp³-hybridized carbons (Fsp3) is 0.222. The van der Waals surface area contributed by atoms with E-state index in [1.165, 1.54) is 0 Å². The molecule has 0 radical (unpaired) electrons. The zero-order valence-corrected chi connectivity index (χ0v) is 13.4. The van der Waals surface area contributed by atoms with Crippen LogP contribution in [0.4, 0.5) is 4.79 Å². The summed E-state index contributed by atoms with van der Waals surface area (Å²) in [5, 5.41) is 0. The Morgan fingerprint density at radius 2 is 1.39 bits per heavy atom. The van der Waals surface area contributed by atoms with Crippen molar-refractivity contribution in [2.45, 2.75) is 26.4 Å². The number of ether oxygens (including phenoxy) is 1. The van der Waals surface area contributed by atoms with Crippen molar-refractivity contribution in [3.63, 3.8) is 0 Å². The molecule has 0 saturated heterocycles. The first-order valence-corrected chi connectivity index (χ1v) is 7.30. The van der Waals surface area contributed by atoms with E-state index in [1.54, 1.807) is 32.9 Å². The maximum absolute atomic E-state index is 12.0. The van der Waals surface area contributed by atoms with E-state index in [-0.39, 0.29) is 0 Å². The first-order valence-electron chi connectivity index (χ1n) is 7.30. The minimum atomic E-state index is -0.702. The maximum atomic E-state index is 12.0. The van der Waals surface area contributed by atoms with E-state index in [2.05, 4.69) is 10.9 Å². The van der Waals surface area contributed by atoms with E-state index in [4.69, 9.17) is 4.74 Å². The monoisotopic (exact) mass is 312 g/mol. The summed E-state index contributed by atoms with van der Waals surface area (Å²) >= 11 is 0. The Hall–Kier alpha value is -2.82. The standard InChI is InChI=1S/C18H20N2O3/c1-18(2,3)23-17(22)20-19-16(21)15-11-9-14(10-12-15)13-7-5-4-6-8-13/h4-12H,1-3H3,(H,19,21)(H,20,22). The molecule has 0 spiro atoms. The van der Waals surface area contributed by atoms with Crippen LogP contribution in [0.1, 0.15) is 31.1 Å². The van der Waals surface area contributed by atoms with E-state index in [0.29, 0.717) is 5.56 Å². The van der Waals surface area contributed by atoms with Gasteiger partial charge in [-0.25, -0.2) is 10.2 Å². The van der Waals surface area contributed by atoms with Crippen LogP contribution in [0.3, 0.4) is 0 Å². The van der Waals surface area contributed by atoms with Crippen LogP contribution in [0.2, 0.25) is 0 Å². The summed E-state index contributed by atoms with van der Waals surface area (Å²) in [5.74, 6) is -0.407. The number of nitrogens with one attached hydrogen (secondary N) is 2. The number of carbonyl (C=O) groups excluding carboxylic acids is 2. The third kappa shape index (κ3) is 5.14. The Bertz CT molecular complexity index is 674. The van der Waals surface area contributed by atoms with E-state index < -0.39 is 17.6 Å². The molecule has 5 heteroatoms. The molecule has 2 aromatic rings. The molecule has 0 aliphatic carbocycles. The largest absolute Gasteiger partial charge is 0.443 e. The van der Waals surface area contributed by atoms with Crippen LogP contribution in [-0.4, -0.2) is 17.6 Å². The quantitative estimate of drug-likeness (QED) is 0.834. The second-order valence-electron chi connectivity index (χ2n) is 6.02. The van der Waals surface area contributed by atoms with Gasteiger partial charge < -0.3 is 4.74 Å². The molecule has 0 heterocycles. The minimum absolute atomic E-state index is 0.407. The molecule has 0 aromatic heterocycles. The predicted octanol–water partition coefficient (Wildman–Crippen LogP) is 3.52. The molecular formula is C18H20N2O3. The van der Waals surface area contributed by atoms with Crippen molar-refractivity contribution in [3.8, 4) is 11.1 Å². The van der Waals surface area contributed by atoms with Gasteiger partial charge in [0.1, 0.15) is 5.60 Å². The molecule has 0 atom stereocenters. The highest BCUT2D eigenvalue weighted by Gasteiger charge is 2.16. The Balaban J connectivity index is 1.94. The van der Waals surface area contributed by atoms with Crippen LogP contribution in [-0.2, 0) is 4.74 Å². The van der Waals surface area contributed by atoms with Gasteiger partial charge in [0.2, 0.25) is 0 Å². The molecular weight excluding hydrogens is 292 g/mol. The van der Waals surface area contributed by atoms with Gasteiger partial charge in [0.25, 0.3) is 5.91 Å². The van der Waals surface area contributed by atoms with E-state index in [1.807, 2.05) is 42.5 Å². The Morgan fingerprint density at radius 1 is 0.826 bits per heavy atom. The third-order valence-corrected chi connectivity index (χ3v) is 2.93. The van der Waals surface area contributed by atoms with E-state index in [9.17, 15) is 9.59 Å². The lowest BCUT2D eigenvalue weighted by Crippen LogP contribution is -2.44. The number of hydrogen-bond acceptors (Lipinski definition) is 3. The van der Waals surface area contributed by atoms with Gasteiger partial charge in [-0.1, -0.05) is 42.5 Å². The van der Waals surface area contributed by atoms with Crippen molar-refractivity contribution in [2.24, 2.45) is 0 Å². The Morgan fingerprint density at radius 3 is 1.96 bits per heavy atom. The molecule has 0 saturated carbocycles. The number of hydrazine groups is 1. The highest BCUT2D eigenvalue weighted by molar-refractivity contribution is 5.95. The molecule has 2 N–H and O–H groups in total. The predicted molar refractivity (Wildman–Crippen MR) is 88.7 cm³/mol. The molecule has 5 nitrogen and oxygen atoms in total. The molecule has 2 amide bonds. The first kappa shape index (κ1) is 16.5. The lowest BCUT2D eigenvalue weighted by atomic mass is 10.0. The summed E-state index contributed by atoms with van der Waals surface area (Å²) in [5.41, 5.74) is 6.46. The second kappa shape index (κ2) is 6.96. The van der Waals surface area contributed by atoms with Gasteiger partial charge >= 0.3 is 6.09 Å². The molecule has 2 rings (SSSR count). The maximum Gasteiger partial charge on any atom is 0.426 e. The van der Waals surface area contributed by atoms with Crippen molar-refractivity contribution in [1.82, 2.24) is 10.9 Å². The topological polar surface area (TPSA) is 67.4 Å². The highest BCUT2D eigenvalue weighted by atomic mass is 16.6. The minimum Gasteiger partial charge on any atom is -0.443 e. The molecule has 0 unspecified atom stereocenters. The van der Waals surface area contributed by atoms with Gasteiger partial charge in [-0.2, -0.15) is 0 Å². The fourth-order valence-corrected chi connectivity index (χ4v) is 1.93. The lowest BCUT2D eigenvalue weighted by molar-refractivity contribution is 0.0483. The summed E-state index contributed by atoms with van der Waals surface area (Å²) in [7, 11) is 0. The molecule has 0 aliphatic rings. The number of benzene rings is 2. The molecule has 0 bridgehead atoms. The number of rotatable bonds is 2. The van der Waals surface area contributed by atoms with Crippen molar-refractivity contribution in [1.29, 1.82) is 0 Å². The van der Waals surface area contributed by atoms with Crippen LogP contribution in [0.25, 0.3) is 11.1 Å². The van der Waals surface area contributed by atoms with Crippen molar-refractivity contribution >= 4 is 12.0 Å². The highest BCUT2D eigenvalue weighted by Crippen LogP contribution is 2.19. The number of amides is 2. The molecule has 2 aromatic carbocycles. The lowest BCUT2D eigenvalue weighted by Gasteiger charge is -2.19. The van der Waals surface area contributed by atoms with Crippen molar-refractivity contribution in [2.75, 3.05) is 0 Å². The number of hydrogen-bond donors (Lipinski definition) is 2. The summed E-state index contributed by atoms with van der Waals surface area (Å²) in [6, 6.07) is 17.0. The smallest absolute Gasteiger partial charge is 0.426 e. The average molecular weight is 312 g/mol. The van der Waals surface area contributed by atoms with Gasteiger partial charge in [0.05, 0.1) is 0 Å². The summed E-state index contributed by atoms with van der Waals surface area (Å²) < 4.78 is 5.04. The normalized spacial score (nSPS) is 10.7. The summed E-state index contributed by atoms with van der Waals surface area (Å²) in [6.07, 6.45) is -0.702. The molecule has 0 aliphatic heterocycles. The van der Waals surface area contributed by atoms with Crippen LogP contribution in [0, 0.1) is 0 Å². The summed E-state index contributed by atoms with van der Waals surface area (Å²) in [6.45, 7) is 5.24. The zero-order chi connectivity index (χ0) is 16.9. The number of carbonyl (C=O) groups is 2. The van der Waals surface area contributed by atoms with Crippen LogP contribution < -0.4 is 10.9 Å². The zero-order valence-electron chi connectivity index (χ0n) is 13.4. The molecule has 0 fully saturated rings. The fourth-order valence-electron chi connectivity index (χ4n) is 1.93. The van der Waals surface area contributed by atoms with Gasteiger partial charge in [0.15, 0.2) is 0 Å². The first-order chi connectivity index (χ1) is 10.8. The second-order valence-corrected chi connectivity index (χ2v) is 6.02. The van der Waals surface area contributed by atoms with Gasteiger partial charge in [0, 0.05) is 5.56 Å². The third-order valence-electron chi connectivity index (χ3n) is 2.93. The van der Waals surface area contributed by atoms with Crippen molar-refractivity contribution in [3.05, 3.63) is 60.2 Å². The van der Waals surface area contributed by atoms with E-state index >= 15 is 0 Å². The van der Waals surface area contributed by atoms with Crippen LogP contribution in [0.5, 0.6) is 0 Å². The van der Waals surface area contributed by atoms with Crippen LogP contribution >= 0.6 is 0 Å². The molecule has 23 heavy (non-hydrogen) atoms. The van der Waals surface area contributed by atoms with Gasteiger partial charge in [-0.05, 0) is 44.0 Å². The Labute approximate surface area is 135 Å². The summed E-state index contributed by atoms with van der Waals surface area (Å²) in [4.78, 5) is 23.5. The SMILES string of the molecule is CC(C)(C)OC(=O)NNC(=O)c1ccc(-c2ccccc2)cc1. The molecule has 120 valence electrons.